The molecular weight excluding hydrogens is 304 g/mol. The largest absolute Gasteiger partial charge is 0.482 e. The first-order chi connectivity index (χ1) is 11.7. The first kappa shape index (κ1) is 15.5. The molecule has 0 aromatic heterocycles. The topological polar surface area (TPSA) is 49.9 Å². The molecule has 1 aliphatic carbocycles. The predicted octanol–water partition coefficient (Wildman–Crippen LogP) is 2.45. The van der Waals surface area contributed by atoms with Crippen LogP contribution in [0.4, 0.5) is 5.69 Å². The number of para-hydroxylation sites is 2. The number of amides is 2. The lowest BCUT2D eigenvalue weighted by atomic mass is 9.75. The number of carbonyl (C=O) groups excluding carboxylic acids is 2. The van der Waals surface area contributed by atoms with E-state index in [1.807, 2.05) is 29.2 Å². The summed E-state index contributed by atoms with van der Waals surface area (Å²) in [5, 5.41) is 0. The van der Waals surface area contributed by atoms with Crippen LogP contribution in [0.5, 0.6) is 5.75 Å². The minimum absolute atomic E-state index is 0.00892. The molecule has 2 atom stereocenters. The van der Waals surface area contributed by atoms with E-state index in [-0.39, 0.29) is 25.0 Å². The summed E-state index contributed by atoms with van der Waals surface area (Å²) in [6.45, 7) is 1.83. The molecule has 5 heteroatoms. The molecule has 1 saturated carbocycles. The SMILES string of the molecule is O=C(CN1C(=O)COc2ccccc21)N1CC[C@H]2CCCC[C@H]2C1. The molecule has 0 radical (unpaired) electrons. The molecule has 4 rings (SSSR count). The molecule has 24 heavy (non-hydrogen) atoms. The summed E-state index contributed by atoms with van der Waals surface area (Å²) in [6.07, 6.45) is 6.31. The fourth-order valence-corrected chi connectivity index (χ4v) is 4.39. The van der Waals surface area contributed by atoms with Gasteiger partial charge in [-0.1, -0.05) is 31.4 Å². The molecule has 3 aliphatic rings. The van der Waals surface area contributed by atoms with Gasteiger partial charge in [-0.25, -0.2) is 0 Å². The van der Waals surface area contributed by atoms with Gasteiger partial charge in [0.2, 0.25) is 5.91 Å². The number of carbonyl (C=O) groups is 2. The molecular formula is C19H24N2O3. The lowest BCUT2D eigenvalue weighted by molar-refractivity contribution is -0.134. The van der Waals surface area contributed by atoms with Crippen molar-refractivity contribution >= 4 is 17.5 Å². The van der Waals surface area contributed by atoms with E-state index in [1.165, 1.54) is 25.7 Å². The maximum absolute atomic E-state index is 12.8. The predicted molar refractivity (Wildman–Crippen MR) is 90.9 cm³/mol. The van der Waals surface area contributed by atoms with Crippen molar-refractivity contribution in [1.82, 2.24) is 4.90 Å². The fourth-order valence-electron chi connectivity index (χ4n) is 4.39. The lowest BCUT2D eigenvalue weighted by Crippen LogP contribution is -2.50. The van der Waals surface area contributed by atoms with Gasteiger partial charge in [0.15, 0.2) is 6.61 Å². The van der Waals surface area contributed by atoms with Gasteiger partial charge in [-0.3, -0.25) is 14.5 Å². The second-order valence-electron chi connectivity index (χ2n) is 7.17. The number of rotatable bonds is 2. The van der Waals surface area contributed by atoms with Crippen molar-refractivity contribution in [2.45, 2.75) is 32.1 Å². The Hall–Kier alpha value is -2.04. The second-order valence-corrected chi connectivity index (χ2v) is 7.17. The van der Waals surface area contributed by atoms with E-state index in [1.54, 1.807) is 4.90 Å². The van der Waals surface area contributed by atoms with Gasteiger partial charge in [0.05, 0.1) is 5.69 Å². The standard InChI is InChI=1S/C19H24N2O3/c22-18(20-10-9-14-5-1-2-6-15(14)11-20)12-21-16-7-3-4-8-17(16)24-13-19(21)23/h3-4,7-8,14-15H,1-2,5-6,9-13H2/t14-,15+/m1/s1. The Morgan fingerprint density at radius 3 is 2.79 bits per heavy atom. The molecule has 0 N–H and O–H groups in total. The Bertz CT molecular complexity index is 645. The Labute approximate surface area is 142 Å². The van der Waals surface area contributed by atoms with E-state index < -0.39 is 0 Å². The normalized spacial score (nSPS) is 26.4. The average molecular weight is 328 g/mol. The van der Waals surface area contributed by atoms with Crippen molar-refractivity contribution in [2.24, 2.45) is 11.8 Å². The van der Waals surface area contributed by atoms with Crippen LogP contribution in [-0.4, -0.2) is 43.0 Å². The smallest absolute Gasteiger partial charge is 0.265 e. The Morgan fingerprint density at radius 1 is 1.12 bits per heavy atom. The Morgan fingerprint density at radius 2 is 1.92 bits per heavy atom. The number of nitrogens with zero attached hydrogens (tertiary/aromatic N) is 2. The van der Waals surface area contributed by atoms with Crippen molar-refractivity contribution in [2.75, 3.05) is 31.1 Å². The molecule has 1 aromatic rings. The molecule has 128 valence electrons. The molecule has 0 spiro atoms. The highest BCUT2D eigenvalue weighted by Gasteiger charge is 2.34. The molecule has 2 aliphatic heterocycles. The van der Waals surface area contributed by atoms with Gasteiger partial charge in [0, 0.05) is 13.1 Å². The Balaban J connectivity index is 1.45. The van der Waals surface area contributed by atoms with E-state index in [0.29, 0.717) is 17.4 Å². The quantitative estimate of drug-likeness (QED) is 0.838. The van der Waals surface area contributed by atoms with Crippen LogP contribution >= 0.6 is 0 Å². The van der Waals surface area contributed by atoms with E-state index >= 15 is 0 Å². The van der Waals surface area contributed by atoms with Gasteiger partial charge in [-0.15, -0.1) is 0 Å². The third-order valence-electron chi connectivity index (χ3n) is 5.75. The van der Waals surface area contributed by atoms with Gasteiger partial charge in [0.25, 0.3) is 5.91 Å². The summed E-state index contributed by atoms with van der Waals surface area (Å²) in [4.78, 5) is 28.6. The van der Waals surface area contributed by atoms with Crippen molar-refractivity contribution in [1.29, 1.82) is 0 Å². The highest BCUT2D eigenvalue weighted by Crippen LogP contribution is 2.36. The zero-order valence-corrected chi connectivity index (χ0v) is 13.9. The van der Waals surface area contributed by atoms with E-state index in [2.05, 4.69) is 0 Å². The first-order valence-corrected chi connectivity index (χ1v) is 9.02. The average Bonchev–Trinajstić information content (AvgIpc) is 2.63. The van der Waals surface area contributed by atoms with Crippen LogP contribution in [0, 0.1) is 11.8 Å². The third-order valence-corrected chi connectivity index (χ3v) is 5.75. The summed E-state index contributed by atoms with van der Waals surface area (Å²) in [6, 6.07) is 7.42. The molecule has 2 amide bonds. The number of hydrogen-bond donors (Lipinski definition) is 0. The maximum atomic E-state index is 12.8. The highest BCUT2D eigenvalue weighted by atomic mass is 16.5. The number of ether oxygens (including phenoxy) is 1. The van der Waals surface area contributed by atoms with Crippen LogP contribution < -0.4 is 9.64 Å². The molecule has 2 fully saturated rings. The molecule has 0 bridgehead atoms. The fraction of sp³-hybridized carbons (Fsp3) is 0.579. The summed E-state index contributed by atoms with van der Waals surface area (Å²) < 4.78 is 5.45. The molecule has 5 nitrogen and oxygen atoms in total. The zero-order chi connectivity index (χ0) is 16.5. The first-order valence-electron chi connectivity index (χ1n) is 9.02. The van der Waals surface area contributed by atoms with Crippen molar-refractivity contribution in [3.05, 3.63) is 24.3 Å². The number of likely N-dealkylation sites (tertiary alicyclic amines) is 1. The number of benzene rings is 1. The van der Waals surface area contributed by atoms with Gasteiger partial charge in [-0.05, 0) is 36.8 Å². The van der Waals surface area contributed by atoms with Crippen LogP contribution in [0.2, 0.25) is 0 Å². The van der Waals surface area contributed by atoms with Crippen LogP contribution in [-0.2, 0) is 9.59 Å². The summed E-state index contributed by atoms with van der Waals surface area (Å²) in [7, 11) is 0. The summed E-state index contributed by atoms with van der Waals surface area (Å²) in [5.41, 5.74) is 0.703. The van der Waals surface area contributed by atoms with E-state index in [4.69, 9.17) is 4.74 Å². The van der Waals surface area contributed by atoms with Crippen LogP contribution in [0.1, 0.15) is 32.1 Å². The molecule has 1 saturated heterocycles. The number of fused-ring (bicyclic) bond motifs is 2. The van der Waals surface area contributed by atoms with Crippen LogP contribution in [0.3, 0.4) is 0 Å². The van der Waals surface area contributed by atoms with Crippen LogP contribution in [0.15, 0.2) is 24.3 Å². The van der Waals surface area contributed by atoms with Gasteiger partial charge in [-0.2, -0.15) is 0 Å². The Kier molecular flexibility index (Phi) is 4.17. The van der Waals surface area contributed by atoms with Crippen LogP contribution in [0.25, 0.3) is 0 Å². The zero-order valence-electron chi connectivity index (χ0n) is 13.9. The van der Waals surface area contributed by atoms with Gasteiger partial charge < -0.3 is 9.64 Å². The number of anilines is 1. The number of piperidine rings is 1. The van der Waals surface area contributed by atoms with Gasteiger partial charge >= 0.3 is 0 Å². The van der Waals surface area contributed by atoms with Crippen molar-refractivity contribution in [3.63, 3.8) is 0 Å². The molecule has 0 unspecified atom stereocenters. The maximum Gasteiger partial charge on any atom is 0.265 e. The minimum Gasteiger partial charge on any atom is -0.482 e. The monoisotopic (exact) mass is 328 g/mol. The van der Waals surface area contributed by atoms with Crippen molar-refractivity contribution in [3.8, 4) is 5.75 Å². The summed E-state index contributed by atoms with van der Waals surface area (Å²) in [5.74, 6) is 2.05. The van der Waals surface area contributed by atoms with Gasteiger partial charge in [0.1, 0.15) is 12.3 Å². The minimum atomic E-state index is -0.144. The highest BCUT2D eigenvalue weighted by molar-refractivity contribution is 6.02. The summed E-state index contributed by atoms with van der Waals surface area (Å²) >= 11 is 0. The van der Waals surface area contributed by atoms with E-state index in [9.17, 15) is 9.59 Å². The lowest BCUT2D eigenvalue weighted by Gasteiger charge is -2.42. The number of hydrogen-bond acceptors (Lipinski definition) is 3. The third kappa shape index (κ3) is 2.87. The molecule has 2 heterocycles. The van der Waals surface area contributed by atoms with E-state index in [0.717, 1.165) is 25.4 Å². The molecule has 1 aromatic carbocycles. The van der Waals surface area contributed by atoms with Crippen molar-refractivity contribution < 1.29 is 14.3 Å². The second kappa shape index (κ2) is 6.46.